The van der Waals surface area contributed by atoms with Crippen LogP contribution in [0, 0.1) is 0 Å². The van der Waals surface area contributed by atoms with Crippen LogP contribution in [0.3, 0.4) is 0 Å². The summed E-state index contributed by atoms with van der Waals surface area (Å²) >= 11 is 0. The summed E-state index contributed by atoms with van der Waals surface area (Å²) in [5.74, 6) is -0.677. The summed E-state index contributed by atoms with van der Waals surface area (Å²) in [6.45, 7) is 0.234. The molecule has 0 aromatic heterocycles. The first-order valence-corrected chi connectivity index (χ1v) is 6.87. The summed E-state index contributed by atoms with van der Waals surface area (Å²) in [5.41, 5.74) is 0.307. The Kier molecular flexibility index (Phi) is 4.69. The lowest BCUT2D eigenvalue weighted by Gasteiger charge is -2.16. The molecule has 1 unspecified atom stereocenters. The second-order valence-electron chi connectivity index (χ2n) is 5.48. The summed E-state index contributed by atoms with van der Waals surface area (Å²) in [6, 6.07) is 3.98. The van der Waals surface area contributed by atoms with Gasteiger partial charge in [-0.1, -0.05) is 0 Å². The van der Waals surface area contributed by atoms with E-state index in [4.69, 9.17) is 0 Å². The van der Waals surface area contributed by atoms with E-state index >= 15 is 0 Å². The molecule has 0 fully saturated rings. The lowest BCUT2D eigenvalue weighted by atomic mass is 10.2. The zero-order chi connectivity index (χ0) is 17.2. The third-order valence-electron chi connectivity index (χ3n) is 3.10. The Labute approximate surface area is 131 Å². The Morgan fingerprint density at radius 2 is 1.87 bits per heavy atom. The second-order valence-corrected chi connectivity index (χ2v) is 5.48. The summed E-state index contributed by atoms with van der Waals surface area (Å²) in [4.78, 5) is 25.6. The Bertz CT molecular complexity index is 622. The highest BCUT2D eigenvalue weighted by Crippen LogP contribution is 2.42. The van der Waals surface area contributed by atoms with Gasteiger partial charge in [-0.3, -0.25) is 9.59 Å². The van der Waals surface area contributed by atoms with Crippen molar-refractivity contribution in [1.82, 2.24) is 4.90 Å². The molecule has 0 radical (unpaired) electrons. The maximum atomic E-state index is 12.9. The number of anilines is 1. The average molecular weight is 330 g/mol. The highest BCUT2D eigenvalue weighted by molar-refractivity contribution is 5.92. The minimum atomic E-state index is -3.69. The van der Waals surface area contributed by atoms with Crippen molar-refractivity contribution in [3.05, 3.63) is 18.2 Å². The van der Waals surface area contributed by atoms with Gasteiger partial charge in [0.1, 0.15) is 0 Å². The lowest BCUT2D eigenvalue weighted by molar-refractivity contribution is -0.862. The zero-order valence-electron chi connectivity index (χ0n) is 13.0. The van der Waals surface area contributed by atoms with E-state index < -0.39 is 6.29 Å². The van der Waals surface area contributed by atoms with Crippen molar-refractivity contribution >= 4 is 17.5 Å². The molecule has 0 bridgehead atoms. The van der Waals surface area contributed by atoms with Gasteiger partial charge >= 0.3 is 6.29 Å². The third-order valence-corrected chi connectivity index (χ3v) is 3.10. The summed E-state index contributed by atoms with van der Waals surface area (Å²) < 4.78 is 34.4. The van der Waals surface area contributed by atoms with E-state index in [0.29, 0.717) is 10.6 Å². The van der Waals surface area contributed by atoms with E-state index in [1.54, 1.807) is 21.1 Å². The first kappa shape index (κ1) is 16.9. The number of hydrogen-bond donors (Lipinski definition) is 2. The van der Waals surface area contributed by atoms with Gasteiger partial charge in [0.2, 0.25) is 0 Å². The molecule has 23 heavy (non-hydrogen) atoms. The Balaban J connectivity index is 1.90. The maximum absolute atomic E-state index is 12.9. The lowest BCUT2D eigenvalue weighted by Crippen LogP contribution is -3.11. The molecule has 126 valence electrons. The number of carbonyl (C=O) groups is 2. The van der Waals surface area contributed by atoms with Crippen LogP contribution in [0.25, 0.3) is 0 Å². The SMILES string of the molecule is CN(C)C(=O)C[NH+](C)CC(=O)Nc1ccc2c(c1)OC(F)(F)O2. The molecule has 1 aromatic rings. The van der Waals surface area contributed by atoms with Gasteiger partial charge in [0.05, 0.1) is 7.05 Å². The van der Waals surface area contributed by atoms with Crippen molar-refractivity contribution in [1.29, 1.82) is 0 Å². The first-order valence-electron chi connectivity index (χ1n) is 6.87. The van der Waals surface area contributed by atoms with Crippen molar-refractivity contribution in [2.45, 2.75) is 6.29 Å². The fourth-order valence-electron chi connectivity index (χ4n) is 1.98. The van der Waals surface area contributed by atoms with E-state index in [1.807, 2.05) is 0 Å². The van der Waals surface area contributed by atoms with Gasteiger partial charge in [0.25, 0.3) is 11.8 Å². The second kappa shape index (κ2) is 6.37. The van der Waals surface area contributed by atoms with Crippen molar-refractivity contribution in [3.63, 3.8) is 0 Å². The van der Waals surface area contributed by atoms with Crippen molar-refractivity contribution in [2.24, 2.45) is 0 Å². The quantitative estimate of drug-likeness (QED) is 0.767. The minimum Gasteiger partial charge on any atom is -0.395 e. The molecule has 1 aliphatic heterocycles. The van der Waals surface area contributed by atoms with Crippen LogP contribution in [0.4, 0.5) is 14.5 Å². The molecule has 7 nitrogen and oxygen atoms in total. The molecule has 1 aliphatic rings. The fraction of sp³-hybridized carbons (Fsp3) is 0.429. The van der Waals surface area contributed by atoms with Crippen LogP contribution in [0.1, 0.15) is 0 Å². The van der Waals surface area contributed by atoms with Crippen LogP contribution in [0.5, 0.6) is 11.5 Å². The molecule has 1 aromatic carbocycles. The standard InChI is InChI=1S/C14H17F2N3O4/c1-18(2)13(21)8-19(3)7-12(20)17-9-4-5-10-11(6-9)23-14(15,16)22-10/h4-6H,7-8H2,1-3H3,(H,17,20)/p+1. The maximum Gasteiger partial charge on any atom is 0.586 e. The molecule has 1 heterocycles. The van der Waals surface area contributed by atoms with Crippen LogP contribution in [-0.4, -0.2) is 57.2 Å². The molecule has 0 spiro atoms. The van der Waals surface area contributed by atoms with Gasteiger partial charge in [0.15, 0.2) is 24.6 Å². The van der Waals surface area contributed by atoms with Crippen LogP contribution in [0.2, 0.25) is 0 Å². The number of likely N-dealkylation sites (N-methyl/N-ethyl adjacent to an activating group) is 2. The van der Waals surface area contributed by atoms with Gasteiger partial charge in [-0.25, -0.2) is 0 Å². The normalized spacial score (nSPS) is 15.9. The van der Waals surface area contributed by atoms with Crippen LogP contribution >= 0.6 is 0 Å². The highest BCUT2D eigenvalue weighted by atomic mass is 19.3. The minimum absolute atomic E-state index is 0.0597. The summed E-state index contributed by atoms with van der Waals surface area (Å²) in [6.07, 6.45) is -3.69. The number of quaternary nitrogens is 1. The van der Waals surface area contributed by atoms with E-state index in [0.717, 1.165) is 0 Å². The predicted octanol–water partition coefficient (Wildman–Crippen LogP) is -0.450. The number of nitrogens with one attached hydrogen (secondary N) is 2. The average Bonchev–Trinajstić information content (AvgIpc) is 2.71. The predicted molar refractivity (Wildman–Crippen MR) is 76.6 cm³/mol. The summed E-state index contributed by atoms with van der Waals surface area (Å²) in [7, 11) is 4.98. The molecule has 2 amide bonds. The number of benzene rings is 1. The van der Waals surface area contributed by atoms with Gasteiger partial charge in [-0.15, -0.1) is 8.78 Å². The molecular formula is C14H18F2N3O4+. The Morgan fingerprint density at radius 3 is 2.52 bits per heavy atom. The largest absolute Gasteiger partial charge is 0.586 e. The molecule has 1 atom stereocenters. The monoisotopic (exact) mass is 330 g/mol. The number of nitrogens with zero attached hydrogens (tertiary/aromatic N) is 1. The van der Waals surface area contributed by atoms with Crippen molar-refractivity contribution in [2.75, 3.05) is 39.5 Å². The van der Waals surface area contributed by atoms with Gasteiger partial charge in [-0.2, -0.15) is 0 Å². The molecular weight excluding hydrogens is 312 g/mol. The van der Waals surface area contributed by atoms with E-state index in [1.165, 1.54) is 23.1 Å². The Morgan fingerprint density at radius 1 is 1.22 bits per heavy atom. The number of rotatable bonds is 5. The van der Waals surface area contributed by atoms with E-state index in [2.05, 4.69) is 14.8 Å². The van der Waals surface area contributed by atoms with Crippen LogP contribution in [0.15, 0.2) is 18.2 Å². The van der Waals surface area contributed by atoms with Crippen LogP contribution < -0.4 is 19.7 Å². The van der Waals surface area contributed by atoms with Gasteiger partial charge in [0, 0.05) is 25.8 Å². The number of amides is 2. The van der Waals surface area contributed by atoms with E-state index in [9.17, 15) is 18.4 Å². The third kappa shape index (κ3) is 4.52. The zero-order valence-corrected chi connectivity index (χ0v) is 13.0. The number of carbonyl (C=O) groups excluding carboxylic acids is 2. The van der Waals surface area contributed by atoms with Crippen molar-refractivity contribution < 1.29 is 32.7 Å². The van der Waals surface area contributed by atoms with Gasteiger partial charge in [-0.05, 0) is 12.1 Å². The molecule has 0 aliphatic carbocycles. The van der Waals surface area contributed by atoms with Crippen molar-refractivity contribution in [3.8, 4) is 11.5 Å². The fourth-order valence-corrected chi connectivity index (χ4v) is 1.98. The number of hydrogen-bond acceptors (Lipinski definition) is 4. The number of halogens is 2. The topological polar surface area (TPSA) is 72.3 Å². The molecule has 0 saturated carbocycles. The number of ether oxygens (including phenoxy) is 2. The Hall–Kier alpha value is -2.42. The van der Waals surface area contributed by atoms with E-state index in [-0.39, 0.29) is 36.4 Å². The summed E-state index contributed by atoms with van der Waals surface area (Å²) in [5, 5.41) is 2.57. The molecule has 9 heteroatoms. The smallest absolute Gasteiger partial charge is 0.395 e. The van der Waals surface area contributed by atoms with Gasteiger partial charge < -0.3 is 24.6 Å². The first-order chi connectivity index (χ1) is 10.7. The van der Waals surface area contributed by atoms with Crippen LogP contribution in [-0.2, 0) is 9.59 Å². The molecule has 2 N–H and O–H groups in total. The number of alkyl halides is 2. The highest BCUT2D eigenvalue weighted by Gasteiger charge is 2.43. The molecule has 2 rings (SSSR count). The molecule has 0 saturated heterocycles. The number of fused-ring (bicyclic) bond motifs is 1.